The third-order valence-electron chi connectivity index (χ3n) is 4.64. The quantitative estimate of drug-likeness (QED) is 0.914. The maximum atomic E-state index is 12.6. The predicted octanol–water partition coefficient (Wildman–Crippen LogP) is 1.41. The highest BCUT2D eigenvalue weighted by molar-refractivity contribution is 5.99. The molecule has 1 aromatic heterocycles. The number of carbonyl (C=O) groups is 2. The van der Waals surface area contributed by atoms with Crippen LogP contribution in [0.25, 0.3) is 0 Å². The Morgan fingerprint density at radius 2 is 2.10 bits per heavy atom. The SMILES string of the molecule is Cc1cccc(CN2C(=O)C(C)NC(=O)C2(C)C2CC2)n1. The van der Waals surface area contributed by atoms with Crippen LogP contribution in [0.5, 0.6) is 0 Å². The van der Waals surface area contributed by atoms with Gasteiger partial charge in [-0.15, -0.1) is 0 Å². The number of rotatable bonds is 3. The second-order valence-electron chi connectivity index (χ2n) is 6.31. The number of carbonyl (C=O) groups excluding carboxylic acids is 2. The Morgan fingerprint density at radius 3 is 2.71 bits per heavy atom. The van der Waals surface area contributed by atoms with E-state index in [2.05, 4.69) is 10.3 Å². The van der Waals surface area contributed by atoms with Crippen molar-refractivity contribution in [1.29, 1.82) is 0 Å². The zero-order valence-corrected chi connectivity index (χ0v) is 12.7. The number of pyridine rings is 1. The number of hydrogen-bond acceptors (Lipinski definition) is 3. The van der Waals surface area contributed by atoms with Crippen molar-refractivity contribution in [2.24, 2.45) is 5.92 Å². The molecule has 2 aliphatic rings. The molecular weight excluding hydrogens is 266 g/mol. The Balaban J connectivity index is 1.94. The summed E-state index contributed by atoms with van der Waals surface area (Å²) in [5.74, 6) is 0.204. The van der Waals surface area contributed by atoms with Crippen LogP contribution in [0.2, 0.25) is 0 Å². The Bertz CT molecular complexity index is 597. The number of nitrogens with one attached hydrogen (secondary N) is 1. The molecule has 1 aromatic rings. The molecule has 0 spiro atoms. The lowest BCUT2D eigenvalue weighted by molar-refractivity contribution is -0.158. The summed E-state index contributed by atoms with van der Waals surface area (Å²) in [6.07, 6.45) is 2.01. The molecular formula is C16H21N3O2. The minimum atomic E-state index is -0.741. The Morgan fingerprint density at radius 1 is 1.38 bits per heavy atom. The molecule has 3 rings (SSSR count). The molecule has 2 amide bonds. The molecule has 2 heterocycles. The van der Waals surface area contributed by atoms with Gasteiger partial charge in [0, 0.05) is 5.69 Å². The van der Waals surface area contributed by atoms with E-state index in [0.29, 0.717) is 6.54 Å². The lowest BCUT2D eigenvalue weighted by Gasteiger charge is -2.46. The van der Waals surface area contributed by atoms with Crippen LogP contribution >= 0.6 is 0 Å². The smallest absolute Gasteiger partial charge is 0.246 e. The molecule has 0 bridgehead atoms. The van der Waals surface area contributed by atoms with E-state index >= 15 is 0 Å². The summed E-state index contributed by atoms with van der Waals surface area (Å²) in [5.41, 5.74) is 1.01. The fraction of sp³-hybridized carbons (Fsp3) is 0.562. The van der Waals surface area contributed by atoms with Crippen molar-refractivity contribution in [3.05, 3.63) is 29.6 Å². The van der Waals surface area contributed by atoms with Crippen LogP contribution in [0, 0.1) is 12.8 Å². The van der Waals surface area contributed by atoms with E-state index in [1.54, 1.807) is 11.8 Å². The molecule has 2 atom stereocenters. The van der Waals surface area contributed by atoms with Crippen molar-refractivity contribution in [3.63, 3.8) is 0 Å². The van der Waals surface area contributed by atoms with Crippen LogP contribution < -0.4 is 5.32 Å². The van der Waals surface area contributed by atoms with Crippen LogP contribution in [-0.2, 0) is 16.1 Å². The number of piperazine rings is 1. The number of nitrogens with zero attached hydrogens (tertiary/aromatic N) is 2. The molecule has 1 N–H and O–H groups in total. The first kappa shape index (κ1) is 14.0. The normalized spacial score (nSPS) is 29.5. The minimum absolute atomic E-state index is 0.0210. The largest absolute Gasteiger partial charge is 0.343 e. The fourth-order valence-corrected chi connectivity index (χ4v) is 3.13. The maximum Gasteiger partial charge on any atom is 0.246 e. The molecule has 112 valence electrons. The third kappa shape index (κ3) is 2.30. The molecule has 5 nitrogen and oxygen atoms in total. The average molecular weight is 287 g/mol. The van der Waals surface area contributed by atoms with Gasteiger partial charge >= 0.3 is 0 Å². The predicted molar refractivity (Wildman–Crippen MR) is 78.3 cm³/mol. The fourth-order valence-electron chi connectivity index (χ4n) is 3.13. The van der Waals surface area contributed by atoms with Gasteiger partial charge in [-0.25, -0.2) is 0 Å². The molecule has 2 unspecified atom stereocenters. The van der Waals surface area contributed by atoms with Gasteiger partial charge < -0.3 is 10.2 Å². The molecule has 0 aromatic carbocycles. The molecule has 0 radical (unpaired) electrons. The summed E-state index contributed by atoms with van der Waals surface area (Å²) in [6, 6.07) is 5.31. The summed E-state index contributed by atoms with van der Waals surface area (Å²) < 4.78 is 0. The zero-order valence-electron chi connectivity index (χ0n) is 12.7. The lowest BCUT2D eigenvalue weighted by atomic mass is 9.88. The third-order valence-corrected chi connectivity index (χ3v) is 4.64. The summed E-state index contributed by atoms with van der Waals surface area (Å²) in [7, 11) is 0. The van der Waals surface area contributed by atoms with Gasteiger partial charge in [-0.1, -0.05) is 6.07 Å². The first-order valence-corrected chi connectivity index (χ1v) is 7.48. The highest BCUT2D eigenvalue weighted by Gasteiger charge is 2.56. The molecule has 1 aliphatic heterocycles. The van der Waals surface area contributed by atoms with E-state index in [4.69, 9.17) is 0 Å². The molecule has 1 saturated heterocycles. The second-order valence-corrected chi connectivity index (χ2v) is 6.31. The lowest BCUT2D eigenvalue weighted by Crippen LogP contribution is -2.69. The topological polar surface area (TPSA) is 62.3 Å². The van der Waals surface area contributed by atoms with Crippen molar-refractivity contribution in [1.82, 2.24) is 15.2 Å². The van der Waals surface area contributed by atoms with Crippen LogP contribution in [0.3, 0.4) is 0 Å². The zero-order chi connectivity index (χ0) is 15.2. The second kappa shape index (κ2) is 4.83. The average Bonchev–Trinajstić information content (AvgIpc) is 3.26. The monoisotopic (exact) mass is 287 g/mol. The summed E-state index contributed by atoms with van der Waals surface area (Å²) in [4.78, 5) is 31.3. The molecule has 5 heteroatoms. The van der Waals surface area contributed by atoms with Gasteiger partial charge in [-0.05, 0) is 51.7 Å². The first-order valence-electron chi connectivity index (χ1n) is 7.48. The van der Waals surface area contributed by atoms with Gasteiger partial charge in [0.15, 0.2) is 0 Å². The maximum absolute atomic E-state index is 12.6. The summed E-state index contributed by atoms with van der Waals surface area (Å²) in [5, 5.41) is 2.82. The Labute approximate surface area is 124 Å². The van der Waals surface area contributed by atoms with Crippen LogP contribution in [0.15, 0.2) is 18.2 Å². The van der Waals surface area contributed by atoms with Crippen LogP contribution in [-0.4, -0.2) is 33.3 Å². The van der Waals surface area contributed by atoms with E-state index in [-0.39, 0.29) is 17.7 Å². The van der Waals surface area contributed by atoms with Gasteiger partial charge in [-0.3, -0.25) is 14.6 Å². The van der Waals surface area contributed by atoms with Gasteiger partial charge in [0.25, 0.3) is 0 Å². The van der Waals surface area contributed by atoms with Crippen molar-refractivity contribution in [2.45, 2.75) is 51.7 Å². The first-order chi connectivity index (χ1) is 9.92. The standard InChI is InChI=1S/C16H21N3O2/c1-10-5-4-6-13(17-10)9-19-14(20)11(2)18-15(21)16(19,3)12-7-8-12/h4-6,11-12H,7-9H2,1-3H3,(H,18,21). The Hall–Kier alpha value is -1.91. The van der Waals surface area contributed by atoms with Gasteiger partial charge in [0.05, 0.1) is 12.2 Å². The van der Waals surface area contributed by atoms with Gasteiger partial charge in [0.2, 0.25) is 11.8 Å². The van der Waals surface area contributed by atoms with Gasteiger partial charge in [0.1, 0.15) is 11.6 Å². The van der Waals surface area contributed by atoms with E-state index in [1.165, 1.54) is 0 Å². The van der Waals surface area contributed by atoms with Crippen molar-refractivity contribution in [2.75, 3.05) is 0 Å². The minimum Gasteiger partial charge on any atom is -0.343 e. The number of aromatic nitrogens is 1. The van der Waals surface area contributed by atoms with Crippen molar-refractivity contribution in [3.8, 4) is 0 Å². The highest BCUT2D eigenvalue weighted by atomic mass is 16.2. The summed E-state index contributed by atoms with van der Waals surface area (Å²) >= 11 is 0. The van der Waals surface area contributed by atoms with E-state index in [1.807, 2.05) is 32.0 Å². The number of aryl methyl sites for hydroxylation is 1. The van der Waals surface area contributed by atoms with Crippen LogP contribution in [0.4, 0.5) is 0 Å². The highest BCUT2D eigenvalue weighted by Crippen LogP contribution is 2.45. The number of hydrogen-bond donors (Lipinski definition) is 1. The van der Waals surface area contributed by atoms with Crippen molar-refractivity contribution >= 4 is 11.8 Å². The number of amides is 2. The van der Waals surface area contributed by atoms with Crippen molar-refractivity contribution < 1.29 is 9.59 Å². The van der Waals surface area contributed by atoms with E-state index in [0.717, 1.165) is 24.2 Å². The van der Waals surface area contributed by atoms with E-state index < -0.39 is 11.6 Å². The summed E-state index contributed by atoms with van der Waals surface area (Å²) in [6.45, 7) is 5.95. The van der Waals surface area contributed by atoms with E-state index in [9.17, 15) is 9.59 Å². The van der Waals surface area contributed by atoms with Crippen LogP contribution in [0.1, 0.15) is 38.1 Å². The Kier molecular flexibility index (Phi) is 3.23. The molecule has 21 heavy (non-hydrogen) atoms. The van der Waals surface area contributed by atoms with Gasteiger partial charge in [-0.2, -0.15) is 0 Å². The molecule has 2 fully saturated rings. The molecule has 1 aliphatic carbocycles. The molecule has 1 saturated carbocycles.